The van der Waals surface area contributed by atoms with Crippen molar-refractivity contribution in [1.29, 1.82) is 0 Å². The largest absolute Gasteiger partial charge is 0.444 e. The number of aromatic nitrogens is 1. The molecule has 20 heavy (non-hydrogen) atoms. The van der Waals surface area contributed by atoms with Gasteiger partial charge in [-0.25, -0.2) is 18.1 Å². The van der Waals surface area contributed by atoms with E-state index in [9.17, 15) is 8.42 Å². The monoisotopic (exact) mass is 302 g/mol. The molecule has 1 aliphatic rings. The normalized spacial score (nSPS) is 17.4. The van der Waals surface area contributed by atoms with E-state index in [4.69, 9.17) is 4.42 Å². The molecule has 0 saturated carbocycles. The summed E-state index contributed by atoms with van der Waals surface area (Å²) in [5.74, 6) is 1.28. The van der Waals surface area contributed by atoms with Crippen molar-refractivity contribution in [1.82, 2.24) is 19.9 Å². The molecule has 2 heterocycles. The second-order valence-corrected chi connectivity index (χ2v) is 6.73. The van der Waals surface area contributed by atoms with E-state index >= 15 is 0 Å². The number of oxazole rings is 1. The molecule has 1 saturated heterocycles. The molecule has 114 valence electrons. The minimum Gasteiger partial charge on any atom is -0.444 e. The zero-order valence-electron chi connectivity index (χ0n) is 11.8. The van der Waals surface area contributed by atoms with Crippen molar-refractivity contribution >= 4 is 10.0 Å². The van der Waals surface area contributed by atoms with Crippen LogP contribution in [0.3, 0.4) is 0 Å². The van der Waals surface area contributed by atoms with Crippen LogP contribution in [0, 0.1) is 0 Å². The molecule has 2 rings (SSSR count). The lowest BCUT2D eigenvalue weighted by Gasteiger charge is -2.26. The fourth-order valence-electron chi connectivity index (χ4n) is 2.02. The van der Waals surface area contributed by atoms with Gasteiger partial charge in [-0.15, -0.1) is 0 Å². The van der Waals surface area contributed by atoms with Gasteiger partial charge in [0.25, 0.3) is 0 Å². The number of hydrogen-bond acceptors (Lipinski definition) is 6. The first-order chi connectivity index (χ1) is 9.59. The molecule has 7 nitrogen and oxygen atoms in total. The van der Waals surface area contributed by atoms with Gasteiger partial charge in [0.15, 0.2) is 0 Å². The van der Waals surface area contributed by atoms with Crippen LogP contribution in [0.25, 0.3) is 0 Å². The van der Waals surface area contributed by atoms with Gasteiger partial charge in [0.05, 0.1) is 18.5 Å². The van der Waals surface area contributed by atoms with Gasteiger partial charge in [-0.3, -0.25) is 4.90 Å². The van der Waals surface area contributed by atoms with Crippen LogP contribution in [0.4, 0.5) is 0 Å². The molecule has 0 aromatic carbocycles. The molecule has 1 aromatic rings. The van der Waals surface area contributed by atoms with Crippen LogP contribution < -0.4 is 10.0 Å². The van der Waals surface area contributed by atoms with Gasteiger partial charge in [0.2, 0.25) is 15.9 Å². The number of piperazine rings is 1. The van der Waals surface area contributed by atoms with E-state index in [0.29, 0.717) is 12.4 Å². The topological polar surface area (TPSA) is 87.5 Å². The zero-order chi connectivity index (χ0) is 14.4. The van der Waals surface area contributed by atoms with Crippen LogP contribution in [-0.4, -0.2) is 56.8 Å². The van der Waals surface area contributed by atoms with Gasteiger partial charge in [-0.1, -0.05) is 6.92 Å². The first kappa shape index (κ1) is 15.4. The molecule has 0 amide bonds. The summed E-state index contributed by atoms with van der Waals surface area (Å²) >= 11 is 0. The number of rotatable bonds is 7. The molecule has 0 spiro atoms. The van der Waals surface area contributed by atoms with E-state index < -0.39 is 10.0 Å². The summed E-state index contributed by atoms with van der Waals surface area (Å²) in [6.45, 7) is 6.27. The quantitative estimate of drug-likeness (QED) is 0.710. The minimum absolute atomic E-state index is 0.105. The van der Waals surface area contributed by atoms with E-state index in [2.05, 4.69) is 19.9 Å². The second-order valence-electron chi connectivity index (χ2n) is 4.81. The van der Waals surface area contributed by atoms with Gasteiger partial charge < -0.3 is 9.73 Å². The average molecular weight is 302 g/mol. The minimum atomic E-state index is -3.29. The molecular weight excluding hydrogens is 280 g/mol. The lowest BCUT2D eigenvalue weighted by atomic mass is 10.4. The van der Waals surface area contributed by atoms with Gasteiger partial charge in [0.1, 0.15) is 5.76 Å². The second kappa shape index (κ2) is 7.16. The molecule has 0 unspecified atom stereocenters. The van der Waals surface area contributed by atoms with Crippen LogP contribution in [0.15, 0.2) is 10.6 Å². The third kappa shape index (κ3) is 4.86. The van der Waals surface area contributed by atoms with E-state index in [1.807, 2.05) is 6.92 Å². The third-order valence-electron chi connectivity index (χ3n) is 3.28. The molecule has 0 atom stereocenters. The van der Waals surface area contributed by atoms with Crippen molar-refractivity contribution in [2.24, 2.45) is 0 Å². The maximum atomic E-state index is 11.9. The first-order valence-corrected chi connectivity index (χ1v) is 8.58. The Kier molecular flexibility index (Phi) is 5.53. The summed E-state index contributed by atoms with van der Waals surface area (Å²) in [5, 5.41) is 3.24. The average Bonchev–Trinajstić information content (AvgIpc) is 2.93. The molecule has 8 heteroatoms. The smallest absolute Gasteiger partial charge is 0.213 e. The molecule has 0 bridgehead atoms. The molecule has 1 aromatic heterocycles. The Balaban J connectivity index is 1.75. The molecule has 0 aliphatic carbocycles. The molecule has 1 aliphatic heterocycles. The van der Waals surface area contributed by atoms with Crippen molar-refractivity contribution in [3.63, 3.8) is 0 Å². The third-order valence-corrected chi connectivity index (χ3v) is 4.58. The highest BCUT2D eigenvalue weighted by Gasteiger charge is 2.16. The summed E-state index contributed by atoms with van der Waals surface area (Å²) in [6, 6.07) is 0. The van der Waals surface area contributed by atoms with Crippen LogP contribution >= 0.6 is 0 Å². The Morgan fingerprint density at radius 2 is 2.20 bits per heavy atom. The summed E-state index contributed by atoms with van der Waals surface area (Å²) in [4.78, 5) is 6.18. The number of aryl methyl sites for hydroxylation is 1. The molecular formula is C12H22N4O3S. The number of nitrogens with one attached hydrogen (secondary N) is 2. The van der Waals surface area contributed by atoms with E-state index in [1.165, 1.54) is 0 Å². The van der Waals surface area contributed by atoms with Crippen molar-refractivity contribution in [3.8, 4) is 0 Å². The summed E-state index contributed by atoms with van der Waals surface area (Å²) in [6.07, 6.45) is 2.38. The van der Waals surface area contributed by atoms with Crippen LogP contribution in [-0.2, 0) is 23.0 Å². The van der Waals surface area contributed by atoms with Crippen molar-refractivity contribution < 1.29 is 12.8 Å². The van der Waals surface area contributed by atoms with E-state index in [1.54, 1.807) is 6.20 Å². The first-order valence-electron chi connectivity index (χ1n) is 6.93. The van der Waals surface area contributed by atoms with Crippen LogP contribution in [0.1, 0.15) is 18.6 Å². The number of hydrogen-bond donors (Lipinski definition) is 2. The van der Waals surface area contributed by atoms with Gasteiger partial charge >= 0.3 is 0 Å². The number of sulfonamides is 1. The highest BCUT2D eigenvalue weighted by Crippen LogP contribution is 2.04. The van der Waals surface area contributed by atoms with Crippen molar-refractivity contribution in [2.75, 3.05) is 38.5 Å². The number of nitrogens with zero attached hydrogens (tertiary/aromatic N) is 2. The van der Waals surface area contributed by atoms with Gasteiger partial charge in [0, 0.05) is 39.1 Å². The summed E-state index contributed by atoms with van der Waals surface area (Å²) in [5.41, 5.74) is 0. The Hall–Kier alpha value is -0.960. The Morgan fingerprint density at radius 1 is 1.45 bits per heavy atom. The predicted octanol–water partition coefficient (Wildman–Crippen LogP) is -0.438. The van der Waals surface area contributed by atoms with Gasteiger partial charge in [-0.05, 0) is 0 Å². The zero-order valence-corrected chi connectivity index (χ0v) is 12.6. The van der Waals surface area contributed by atoms with Crippen LogP contribution in [0.5, 0.6) is 0 Å². The van der Waals surface area contributed by atoms with Crippen molar-refractivity contribution in [2.45, 2.75) is 19.9 Å². The SMILES string of the molecule is CCc1cnc(CNS(=O)(=O)CCN2CCNCC2)o1. The standard InChI is InChI=1S/C12H22N4O3S/c1-2-11-9-14-12(19-11)10-15-20(17,18)8-7-16-5-3-13-4-6-16/h9,13,15H,2-8,10H2,1H3. The molecule has 1 fully saturated rings. The lowest BCUT2D eigenvalue weighted by Crippen LogP contribution is -2.45. The maximum Gasteiger partial charge on any atom is 0.213 e. The molecule has 0 radical (unpaired) electrons. The van der Waals surface area contributed by atoms with E-state index in [0.717, 1.165) is 38.4 Å². The van der Waals surface area contributed by atoms with Crippen molar-refractivity contribution in [3.05, 3.63) is 17.8 Å². The molecule has 2 N–H and O–H groups in total. The summed E-state index contributed by atoms with van der Waals surface area (Å²) < 4.78 is 31.7. The van der Waals surface area contributed by atoms with Crippen LogP contribution in [0.2, 0.25) is 0 Å². The predicted molar refractivity (Wildman–Crippen MR) is 75.8 cm³/mol. The van der Waals surface area contributed by atoms with E-state index in [-0.39, 0.29) is 12.3 Å². The highest BCUT2D eigenvalue weighted by molar-refractivity contribution is 7.89. The highest BCUT2D eigenvalue weighted by atomic mass is 32.2. The van der Waals surface area contributed by atoms with Gasteiger partial charge in [-0.2, -0.15) is 0 Å². The Labute approximate surface area is 119 Å². The summed E-state index contributed by atoms with van der Waals surface area (Å²) in [7, 11) is -3.29. The fourth-order valence-corrected chi connectivity index (χ4v) is 3.01. The lowest BCUT2D eigenvalue weighted by molar-refractivity contribution is 0.253. The maximum absolute atomic E-state index is 11.9. The fraction of sp³-hybridized carbons (Fsp3) is 0.750. The Bertz CT molecular complexity index is 509. The Morgan fingerprint density at radius 3 is 2.85 bits per heavy atom.